The lowest BCUT2D eigenvalue weighted by Crippen LogP contribution is -2.44. The van der Waals surface area contributed by atoms with E-state index < -0.39 is 5.60 Å². The van der Waals surface area contributed by atoms with E-state index in [4.69, 9.17) is 4.42 Å². The zero-order chi connectivity index (χ0) is 11.5. The van der Waals surface area contributed by atoms with Crippen molar-refractivity contribution in [2.75, 3.05) is 6.54 Å². The molecule has 15 heavy (non-hydrogen) atoms. The van der Waals surface area contributed by atoms with Crippen LogP contribution >= 0.6 is 0 Å². The highest BCUT2D eigenvalue weighted by Gasteiger charge is 2.25. The predicted molar refractivity (Wildman–Crippen MR) is 56.5 cm³/mol. The summed E-state index contributed by atoms with van der Waals surface area (Å²) in [5.74, 6) is 0.0323. The maximum atomic E-state index is 11.5. The lowest BCUT2D eigenvalue weighted by molar-refractivity contribution is 0.0139. The first-order chi connectivity index (χ1) is 6.93. The maximum Gasteiger partial charge on any atom is 0.287 e. The molecular weight excluding hydrogens is 194 g/mol. The molecule has 4 nitrogen and oxygen atoms in total. The fourth-order valence-corrected chi connectivity index (χ4v) is 0.958. The Balaban J connectivity index is 2.48. The van der Waals surface area contributed by atoms with Crippen LogP contribution in [-0.4, -0.2) is 23.2 Å². The van der Waals surface area contributed by atoms with Gasteiger partial charge in [0.05, 0.1) is 11.9 Å². The second kappa shape index (κ2) is 4.49. The van der Waals surface area contributed by atoms with E-state index in [1.807, 2.05) is 13.8 Å². The van der Waals surface area contributed by atoms with Crippen LogP contribution in [0.1, 0.15) is 31.3 Å². The number of rotatable bonds is 4. The largest absolute Gasteiger partial charge is 0.459 e. The molecule has 0 bridgehead atoms. The first-order valence-corrected chi connectivity index (χ1v) is 4.97. The molecule has 1 atom stereocenters. The molecular formula is C11H17NO3. The molecule has 1 amide bonds. The number of amides is 1. The Hall–Kier alpha value is -1.29. The van der Waals surface area contributed by atoms with Crippen LogP contribution in [0.2, 0.25) is 0 Å². The third kappa shape index (κ3) is 3.09. The molecule has 0 spiro atoms. The van der Waals surface area contributed by atoms with Gasteiger partial charge in [-0.15, -0.1) is 0 Å². The van der Waals surface area contributed by atoms with E-state index in [0.29, 0.717) is 0 Å². The Labute approximate surface area is 89.3 Å². The van der Waals surface area contributed by atoms with Crippen LogP contribution in [-0.2, 0) is 0 Å². The minimum absolute atomic E-state index is 0.0781. The van der Waals surface area contributed by atoms with Crippen molar-refractivity contribution in [1.82, 2.24) is 5.32 Å². The van der Waals surface area contributed by atoms with Crippen molar-refractivity contribution in [3.8, 4) is 0 Å². The van der Waals surface area contributed by atoms with Crippen molar-refractivity contribution >= 4 is 5.91 Å². The summed E-state index contributed by atoms with van der Waals surface area (Å²) >= 11 is 0. The first-order valence-electron chi connectivity index (χ1n) is 4.97. The maximum absolute atomic E-state index is 11.5. The van der Waals surface area contributed by atoms with Gasteiger partial charge in [0.2, 0.25) is 0 Å². The first kappa shape index (κ1) is 11.8. The molecule has 0 aromatic carbocycles. The Morgan fingerprint density at radius 2 is 2.33 bits per heavy atom. The summed E-state index contributed by atoms with van der Waals surface area (Å²) in [6.45, 7) is 5.71. The molecule has 1 aromatic rings. The normalized spacial score (nSPS) is 15.0. The van der Waals surface area contributed by atoms with Gasteiger partial charge in [-0.3, -0.25) is 4.79 Å². The van der Waals surface area contributed by atoms with Crippen molar-refractivity contribution in [3.63, 3.8) is 0 Å². The number of hydrogen-bond donors (Lipinski definition) is 2. The molecule has 0 saturated carbocycles. The average molecular weight is 211 g/mol. The number of nitrogens with one attached hydrogen (secondary N) is 1. The van der Waals surface area contributed by atoms with Gasteiger partial charge in [-0.1, -0.05) is 13.8 Å². The van der Waals surface area contributed by atoms with E-state index in [2.05, 4.69) is 5.32 Å². The Morgan fingerprint density at radius 3 is 2.80 bits per heavy atom. The molecule has 1 aromatic heterocycles. The zero-order valence-corrected chi connectivity index (χ0v) is 9.28. The van der Waals surface area contributed by atoms with Crippen molar-refractivity contribution in [2.45, 2.75) is 26.4 Å². The summed E-state index contributed by atoms with van der Waals surface area (Å²) in [6.07, 6.45) is 1.44. The van der Waals surface area contributed by atoms with Gasteiger partial charge in [0.1, 0.15) is 0 Å². The van der Waals surface area contributed by atoms with Crippen molar-refractivity contribution in [3.05, 3.63) is 24.2 Å². The fourth-order valence-electron chi connectivity index (χ4n) is 0.958. The third-order valence-electron chi connectivity index (χ3n) is 2.60. The van der Waals surface area contributed by atoms with Crippen molar-refractivity contribution in [2.24, 2.45) is 5.92 Å². The van der Waals surface area contributed by atoms with Gasteiger partial charge in [0.25, 0.3) is 5.91 Å². The van der Waals surface area contributed by atoms with Gasteiger partial charge in [0.15, 0.2) is 5.76 Å². The van der Waals surface area contributed by atoms with Crippen LogP contribution in [0.4, 0.5) is 0 Å². The van der Waals surface area contributed by atoms with Crippen LogP contribution < -0.4 is 5.32 Å². The highest BCUT2D eigenvalue weighted by molar-refractivity contribution is 5.91. The molecule has 0 aliphatic heterocycles. The molecule has 4 heteroatoms. The van der Waals surface area contributed by atoms with Crippen LogP contribution in [0.5, 0.6) is 0 Å². The Kier molecular flexibility index (Phi) is 3.52. The second-order valence-electron chi connectivity index (χ2n) is 4.17. The van der Waals surface area contributed by atoms with Gasteiger partial charge in [-0.05, 0) is 25.0 Å². The molecule has 2 N–H and O–H groups in total. The second-order valence-corrected chi connectivity index (χ2v) is 4.17. The molecule has 0 fully saturated rings. The minimum Gasteiger partial charge on any atom is -0.459 e. The van der Waals surface area contributed by atoms with Gasteiger partial charge >= 0.3 is 0 Å². The number of hydrogen-bond acceptors (Lipinski definition) is 3. The zero-order valence-electron chi connectivity index (χ0n) is 9.28. The van der Waals surface area contributed by atoms with Gasteiger partial charge in [0, 0.05) is 6.54 Å². The summed E-state index contributed by atoms with van der Waals surface area (Å²) < 4.78 is 4.93. The van der Waals surface area contributed by atoms with Crippen LogP contribution in [0.15, 0.2) is 22.8 Å². The van der Waals surface area contributed by atoms with Crippen LogP contribution in [0, 0.1) is 5.92 Å². The molecule has 84 valence electrons. The smallest absolute Gasteiger partial charge is 0.287 e. The molecule has 0 radical (unpaired) electrons. The van der Waals surface area contributed by atoms with Crippen LogP contribution in [0.25, 0.3) is 0 Å². The number of carbonyl (C=O) groups is 1. The molecule has 0 saturated heterocycles. The Morgan fingerprint density at radius 1 is 1.67 bits per heavy atom. The number of furan rings is 1. The van der Waals surface area contributed by atoms with E-state index in [0.717, 1.165) is 0 Å². The standard InChI is InChI=1S/C11H17NO3/c1-8(2)11(3,14)7-12-10(13)9-5-4-6-15-9/h4-6,8,14H,7H2,1-3H3,(H,12,13). The quantitative estimate of drug-likeness (QED) is 0.791. The third-order valence-corrected chi connectivity index (χ3v) is 2.60. The summed E-state index contributed by atoms with van der Waals surface area (Å²) in [4.78, 5) is 11.5. The highest BCUT2D eigenvalue weighted by atomic mass is 16.3. The summed E-state index contributed by atoms with van der Waals surface area (Å²) in [6, 6.07) is 3.23. The van der Waals surface area contributed by atoms with Gasteiger partial charge < -0.3 is 14.8 Å². The lowest BCUT2D eigenvalue weighted by atomic mass is 9.92. The predicted octanol–water partition coefficient (Wildman–Crippen LogP) is 1.42. The topological polar surface area (TPSA) is 62.5 Å². The molecule has 1 heterocycles. The van der Waals surface area contributed by atoms with Crippen molar-refractivity contribution in [1.29, 1.82) is 0 Å². The SMILES string of the molecule is CC(C)C(C)(O)CNC(=O)c1ccco1. The van der Waals surface area contributed by atoms with E-state index >= 15 is 0 Å². The fraction of sp³-hybridized carbons (Fsp3) is 0.545. The van der Waals surface area contributed by atoms with Gasteiger partial charge in [-0.2, -0.15) is 0 Å². The summed E-state index contributed by atoms with van der Waals surface area (Å²) in [5, 5.41) is 12.5. The lowest BCUT2D eigenvalue weighted by Gasteiger charge is -2.27. The molecule has 1 rings (SSSR count). The van der Waals surface area contributed by atoms with E-state index in [1.165, 1.54) is 6.26 Å². The van der Waals surface area contributed by atoms with Crippen molar-refractivity contribution < 1.29 is 14.3 Å². The van der Waals surface area contributed by atoms with Gasteiger partial charge in [-0.25, -0.2) is 0 Å². The molecule has 1 unspecified atom stereocenters. The van der Waals surface area contributed by atoms with E-state index in [-0.39, 0.29) is 24.1 Å². The van der Waals surface area contributed by atoms with E-state index in [1.54, 1.807) is 19.1 Å². The summed E-state index contributed by atoms with van der Waals surface area (Å²) in [7, 11) is 0. The summed E-state index contributed by atoms with van der Waals surface area (Å²) in [5.41, 5.74) is -0.901. The number of aliphatic hydroxyl groups is 1. The number of carbonyl (C=O) groups excluding carboxylic acids is 1. The van der Waals surface area contributed by atoms with E-state index in [9.17, 15) is 9.90 Å². The highest BCUT2D eigenvalue weighted by Crippen LogP contribution is 2.14. The minimum atomic E-state index is -0.901. The average Bonchev–Trinajstić information content (AvgIpc) is 2.66. The van der Waals surface area contributed by atoms with Crippen LogP contribution in [0.3, 0.4) is 0 Å². The Bertz CT molecular complexity index is 315. The monoisotopic (exact) mass is 211 g/mol. The molecule has 0 aliphatic rings. The molecule has 0 aliphatic carbocycles.